The molecule has 2 N–H and O–H groups in total. The van der Waals surface area contributed by atoms with Gasteiger partial charge in [-0.1, -0.05) is 17.3 Å². The number of urea groups is 1. The number of fused-ring (bicyclic) bond motifs is 1. The summed E-state index contributed by atoms with van der Waals surface area (Å²) in [6.45, 7) is 4.35. The molecule has 3 rings (SSSR count). The molecule has 1 aromatic heterocycles. The molecule has 0 aliphatic carbocycles. The van der Waals surface area contributed by atoms with Crippen LogP contribution in [0.5, 0.6) is 0 Å². The van der Waals surface area contributed by atoms with Crippen molar-refractivity contribution in [2.75, 3.05) is 5.32 Å². The largest absolute Gasteiger partial charge is 0.361 e. The molecular weight excluding hydrogens is 230 g/mol. The van der Waals surface area contributed by atoms with Crippen molar-refractivity contribution in [2.24, 2.45) is 0 Å². The molecular formula is C13H13N3O2. The lowest BCUT2D eigenvalue weighted by atomic mass is 10.0. The molecule has 0 radical (unpaired) electrons. The monoisotopic (exact) mass is 243 g/mol. The highest BCUT2D eigenvalue weighted by Gasteiger charge is 2.17. The maximum Gasteiger partial charge on any atom is 0.319 e. The first-order chi connectivity index (χ1) is 8.65. The first kappa shape index (κ1) is 10.8. The Hall–Kier alpha value is -2.30. The van der Waals surface area contributed by atoms with Gasteiger partial charge in [-0.15, -0.1) is 0 Å². The number of hydrogen-bond donors (Lipinski definition) is 2. The molecule has 0 spiro atoms. The Balaban J connectivity index is 2.10. The Morgan fingerprint density at radius 2 is 2.17 bits per heavy atom. The molecule has 0 saturated carbocycles. The Morgan fingerprint density at radius 3 is 2.89 bits per heavy atom. The average Bonchev–Trinajstić information content (AvgIpc) is 2.68. The minimum atomic E-state index is -0.168. The second-order valence-corrected chi connectivity index (χ2v) is 4.38. The van der Waals surface area contributed by atoms with Crippen LogP contribution < -0.4 is 10.6 Å². The summed E-state index contributed by atoms with van der Waals surface area (Å²) in [7, 11) is 0. The first-order valence-electron chi connectivity index (χ1n) is 5.76. The molecule has 0 bridgehead atoms. The van der Waals surface area contributed by atoms with Gasteiger partial charge < -0.3 is 15.2 Å². The number of amides is 2. The lowest BCUT2D eigenvalue weighted by Gasteiger charge is -2.18. The summed E-state index contributed by atoms with van der Waals surface area (Å²) in [5, 5.41) is 9.48. The quantitative estimate of drug-likeness (QED) is 0.809. The second kappa shape index (κ2) is 3.87. The zero-order valence-electron chi connectivity index (χ0n) is 10.2. The van der Waals surface area contributed by atoms with E-state index in [9.17, 15) is 4.79 Å². The van der Waals surface area contributed by atoms with E-state index in [1.54, 1.807) is 0 Å². The van der Waals surface area contributed by atoms with E-state index < -0.39 is 0 Å². The Morgan fingerprint density at radius 1 is 1.33 bits per heavy atom. The molecule has 1 aromatic carbocycles. The summed E-state index contributed by atoms with van der Waals surface area (Å²) in [6, 6.07) is 5.81. The predicted octanol–water partition coefficient (Wildman–Crippen LogP) is 2.59. The van der Waals surface area contributed by atoms with E-state index >= 15 is 0 Å². The average molecular weight is 243 g/mol. The van der Waals surface area contributed by atoms with Crippen LogP contribution in [0.25, 0.3) is 11.1 Å². The van der Waals surface area contributed by atoms with Gasteiger partial charge in [-0.05, 0) is 31.0 Å². The van der Waals surface area contributed by atoms with Gasteiger partial charge in [0.1, 0.15) is 5.76 Å². The number of rotatable bonds is 1. The number of carbonyl (C=O) groups is 1. The third-order valence-corrected chi connectivity index (χ3v) is 3.12. The molecule has 0 atom stereocenters. The van der Waals surface area contributed by atoms with Crippen LogP contribution >= 0.6 is 0 Å². The van der Waals surface area contributed by atoms with Crippen molar-refractivity contribution in [3.05, 3.63) is 35.2 Å². The molecule has 0 fully saturated rings. The van der Waals surface area contributed by atoms with Gasteiger partial charge in [0.2, 0.25) is 0 Å². The van der Waals surface area contributed by atoms with E-state index in [4.69, 9.17) is 4.52 Å². The SMILES string of the molecule is Cc1noc(C)c1-c1ccc2c(c1)NC(=O)NC2. The molecule has 1 aliphatic rings. The van der Waals surface area contributed by atoms with Crippen molar-refractivity contribution in [3.8, 4) is 11.1 Å². The van der Waals surface area contributed by atoms with Crippen LogP contribution in [-0.2, 0) is 6.54 Å². The molecule has 92 valence electrons. The van der Waals surface area contributed by atoms with E-state index in [1.165, 1.54) is 0 Å². The van der Waals surface area contributed by atoms with Gasteiger partial charge in [-0.25, -0.2) is 4.79 Å². The number of aryl methyl sites for hydroxylation is 2. The highest BCUT2D eigenvalue weighted by atomic mass is 16.5. The summed E-state index contributed by atoms with van der Waals surface area (Å²) in [5.74, 6) is 0.785. The van der Waals surface area contributed by atoms with Crippen molar-refractivity contribution in [1.82, 2.24) is 10.5 Å². The van der Waals surface area contributed by atoms with Crippen molar-refractivity contribution in [1.29, 1.82) is 0 Å². The summed E-state index contributed by atoms with van der Waals surface area (Å²) in [6.07, 6.45) is 0. The fraction of sp³-hybridized carbons (Fsp3) is 0.231. The van der Waals surface area contributed by atoms with E-state index in [-0.39, 0.29) is 6.03 Å². The van der Waals surface area contributed by atoms with Crippen molar-refractivity contribution >= 4 is 11.7 Å². The van der Waals surface area contributed by atoms with Crippen LogP contribution in [0, 0.1) is 13.8 Å². The molecule has 5 nitrogen and oxygen atoms in total. The zero-order valence-corrected chi connectivity index (χ0v) is 10.2. The molecule has 1 aliphatic heterocycles. The van der Waals surface area contributed by atoms with Crippen molar-refractivity contribution < 1.29 is 9.32 Å². The van der Waals surface area contributed by atoms with Crippen LogP contribution in [0.15, 0.2) is 22.7 Å². The standard InChI is InChI=1S/C13H13N3O2/c1-7-12(8(2)18-16-7)9-3-4-10-6-14-13(17)15-11(10)5-9/h3-5H,6H2,1-2H3,(H2,14,15,17). The van der Waals surface area contributed by atoms with Gasteiger partial charge in [0.25, 0.3) is 0 Å². The molecule has 2 heterocycles. The summed E-state index contributed by atoms with van der Waals surface area (Å²) < 4.78 is 5.17. The molecule has 0 unspecified atom stereocenters. The minimum absolute atomic E-state index is 0.168. The van der Waals surface area contributed by atoms with Crippen LogP contribution in [0.4, 0.5) is 10.5 Å². The molecule has 2 aromatic rings. The number of carbonyl (C=O) groups excluding carboxylic acids is 1. The Bertz CT molecular complexity index is 612. The summed E-state index contributed by atoms with van der Waals surface area (Å²) in [5.41, 5.74) is 4.77. The van der Waals surface area contributed by atoms with Gasteiger partial charge in [0.15, 0.2) is 0 Å². The van der Waals surface area contributed by atoms with E-state index in [2.05, 4.69) is 15.8 Å². The maximum absolute atomic E-state index is 11.3. The number of anilines is 1. The van der Waals surface area contributed by atoms with E-state index in [0.717, 1.165) is 33.8 Å². The van der Waals surface area contributed by atoms with Crippen LogP contribution in [0.1, 0.15) is 17.0 Å². The molecule has 0 saturated heterocycles. The molecule has 2 amide bonds. The second-order valence-electron chi connectivity index (χ2n) is 4.38. The molecule has 5 heteroatoms. The third kappa shape index (κ3) is 1.64. The number of aromatic nitrogens is 1. The van der Waals surface area contributed by atoms with E-state index in [0.29, 0.717) is 6.54 Å². The van der Waals surface area contributed by atoms with Crippen molar-refractivity contribution in [3.63, 3.8) is 0 Å². The van der Waals surface area contributed by atoms with Gasteiger partial charge >= 0.3 is 6.03 Å². The number of nitrogens with one attached hydrogen (secondary N) is 2. The Labute approximate surface area is 104 Å². The number of benzene rings is 1. The lowest BCUT2D eigenvalue weighted by Crippen LogP contribution is -2.33. The normalized spacial score (nSPS) is 13.8. The third-order valence-electron chi connectivity index (χ3n) is 3.12. The van der Waals surface area contributed by atoms with Crippen LogP contribution in [0.2, 0.25) is 0 Å². The van der Waals surface area contributed by atoms with E-state index in [1.807, 2.05) is 32.0 Å². The van der Waals surface area contributed by atoms with Crippen LogP contribution in [0.3, 0.4) is 0 Å². The Kier molecular flexibility index (Phi) is 2.33. The number of hydrogen-bond acceptors (Lipinski definition) is 3. The fourth-order valence-electron chi connectivity index (χ4n) is 2.24. The topological polar surface area (TPSA) is 67.2 Å². The summed E-state index contributed by atoms with van der Waals surface area (Å²) >= 11 is 0. The van der Waals surface area contributed by atoms with Gasteiger partial charge in [0.05, 0.1) is 5.69 Å². The fourth-order valence-corrected chi connectivity index (χ4v) is 2.24. The summed E-state index contributed by atoms with van der Waals surface area (Å²) in [4.78, 5) is 11.3. The van der Waals surface area contributed by atoms with Gasteiger partial charge in [0, 0.05) is 17.8 Å². The van der Waals surface area contributed by atoms with Crippen LogP contribution in [-0.4, -0.2) is 11.2 Å². The van der Waals surface area contributed by atoms with Gasteiger partial charge in [-0.2, -0.15) is 0 Å². The van der Waals surface area contributed by atoms with Gasteiger partial charge in [-0.3, -0.25) is 0 Å². The lowest BCUT2D eigenvalue weighted by molar-refractivity contribution is 0.251. The smallest absolute Gasteiger partial charge is 0.319 e. The predicted molar refractivity (Wildman–Crippen MR) is 67.3 cm³/mol. The first-order valence-corrected chi connectivity index (χ1v) is 5.76. The maximum atomic E-state index is 11.3. The van der Waals surface area contributed by atoms with Crippen molar-refractivity contribution in [2.45, 2.75) is 20.4 Å². The highest BCUT2D eigenvalue weighted by Crippen LogP contribution is 2.31. The number of nitrogens with zero attached hydrogens (tertiary/aromatic N) is 1. The zero-order chi connectivity index (χ0) is 12.7. The molecule has 18 heavy (non-hydrogen) atoms. The minimum Gasteiger partial charge on any atom is -0.361 e. The highest BCUT2D eigenvalue weighted by molar-refractivity contribution is 5.93.